The quantitative estimate of drug-likeness (QED) is 0.850. The van der Waals surface area contributed by atoms with Crippen LogP contribution in [0.4, 0.5) is 24.7 Å². The molecule has 0 aliphatic rings. The number of methoxy groups -OCH3 is 1. The first-order chi connectivity index (χ1) is 9.90. The van der Waals surface area contributed by atoms with Crippen LogP contribution in [-0.2, 0) is 12.7 Å². The first-order valence-corrected chi connectivity index (χ1v) is 6.10. The number of hydrogen-bond donors (Lipinski definition) is 2. The molecule has 1 heterocycles. The fourth-order valence-electron chi connectivity index (χ4n) is 1.81. The molecule has 0 amide bonds. The van der Waals surface area contributed by atoms with Gasteiger partial charge in [-0.2, -0.15) is 13.2 Å². The van der Waals surface area contributed by atoms with Gasteiger partial charge in [-0.3, -0.25) is 0 Å². The van der Waals surface area contributed by atoms with Crippen molar-refractivity contribution in [2.24, 2.45) is 0 Å². The fraction of sp³-hybridized carbons (Fsp3) is 0.214. The summed E-state index contributed by atoms with van der Waals surface area (Å²) < 4.78 is 42.9. The number of nitrogen functional groups attached to an aromatic ring is 1. The highest BCUT2D eigenvalue weighted by Crippen LogP contribution is 2.28. The minimum Gasteiger partial charge on any atom is -0.496 e. The van der Waals surface area contributed by atoms with E-state index in [1.165, 1.54) is 19.2 Å². The third-order valence-electron chi connectivity index (χ3n) is 2.80. The molecule has 0 bridgehead atoms. The van der Waals surface area contributed by atoms with Crippen molar-refractivity contribution in [3.63, 3.8) is 0 Å². The van der Waals surface area contributed by atoms with Gasteiger partial charge >= 0.3 is 6.18 Å². The molecule has 0 aliphatic heterocycles. The first-order valence-electron chi connectivity index (χ1n) is 6.10. The Hall–Kier alpha value is -2.44. The number of nitrogens with one attached hydrogen (secondary N) is 1. The Morgan fingerprint density at radius 1 is 1.24 bits per heavy atom. The van der Waals surface area contributed by atoms with Crippen LogP contribution in [0.3, 0.4) is 0 Å². The van der Waals surface area contributed by atoms with Gasteiger partial charge in [-0.1, -0.05) is 6.07 Å². The zero-order chi connectivity index (χ0) is 15.5. The number of alkyl halides is 3. The summed E-state index contributed by atoms with van der Waals surface area (Å²) in [5.41, 5.74) is 6.03. The lowest BCUT2D eigenvalue weighted by Crippen LogP contribution is -2.10. The van der Waals surface area contributed by atoms with Gasteiger partial charge in [0.05, 0.1) is 7.11 Å². The Labute approximate surface area is 119 Å². The number of nitrogens with zero attached hydrogens (tertiary/aromatic N) is 1. The van der Waals surface area contributed by atoms with Gasteiger partial charge in [0.15, 0.2) is 0 Å². The number of ether oxygens (including phenoxy) is 1. The number of aromatic nitrogens is 1. The lowest BCUT2D eigenvalue weighted by molar-refractivity contribution is -0.141. The maximum atomic E-state index is 12.6. The number of benzene rings is 1. The van der Waals surface area contributed by atoms with Crippen LogP contribution in [0, 0.1) is 0 Å². The molecule has 0 radical (unpaired) electrons. The zero-order valence-corrected chi connectivity index (χ0v) is 11.2. The van der Waals surface area contributed by atoms with Crippen LogP contribution in [0.15, 0.2) is 36.4 Å². The van der Waals surface area contributed by atoms with Crippen molar-refractivity contribution in [3.05, 3.63) is 47.7 Å². The van der Waals surface area contributed by atoms with Crippen molar-refractivity contribution in [2.75, 3.05) is 18.2 Å². The molecule has 21 heavy (non-hydrogen) atoms. The minimum absolute atomic E-state index is 0.134. The second kappa shape index (κ2) is 5.90. The summed E-state index contributed by atoms with van der Waals surface area (Å²) in [6, 6.07) is 8.77. The van der Waals surface area contributed by atoms with E-state index in [0.717, 1.165) is 11.6 Å². The number of pyridine rings is 1. The normalized spacial score (nSPS) is 11.2. The van der Waals surface area contributed by atoms with Crippen molar-refractivity contribution < 1.29 is 17.9 Å². The molecular weight excluding hydrogens is 283 g/mol. The summed E-state index contributed by atoms with van der Waals surface area (Å²) in [7, 11) is 1.51. The highest BCUT2D eigenvalue weighted by molar-refractivity contribution is 5.49. The van der Waals surface area contributed by atoms with E-state index in [1.807, 2.05) is 0 Å². The molecule has 4 nitrogen and oxygen atoms in total. The molecule has 7 heteroatoms. The van der Waals surface area contributed by atoms with E-state index >= 15 is 0 Å². The average molecular weight is 297 g/mol. The predicted octanol–water partition coefficient (Wildman–Crippen LogP) is 3.30. The van der Waals surface area contributed by atoms with Crippen molar-refractivity contribution in [1.82, 2.24) is 4.98 Å². The topological polar surface area (TPSA) is 60.2 Å². The zero-order valence-electron chi connectivity index (χ0n) is 11.2. The molecular formula is C14H14F3N3O. The Morgan fingerprint density at radius 2 is 2.00 bits per heavy atom. The standard InChI is InChI=1S/C14H14F3N3O/c1-21-11-6-5-10(18)7-9(11)8-19-13-4-2-3-12(20-13)14(15,16)17/h2-7H,8,18H2,1H3,(H,19,20). The van der Waals surface area contributed by atoms with Gasteiger partial charge in [0.25, 0.3) is 0 Å². The van der Waals surface area contributed by atoms with Crippen LogP contribution < -0.4 is 15.8 Å². The maximum absolute atomic E-state index is 12.6. The largest absolute Gasteiger partial charge is 0.496 e. The molecule has 0 unspecified atom stereocenters. The van der Waals surface area contributed by atoms with E-state index in [1.54, 1.807) is 18.2 Å². The van der Waals surface area contributed by atoms with E-state index < -0.39 is 11.9 Å². The second-order valence-electron chi connectivity index (χ2n) is 4.33. The summed E-state index contributed by atoms with van der Waals surface area (Å²) in [5.74, 6) is 0.734. The smallest absolute Gasteiger partial charge is 0.433 e. The Bertz CT molecular complexity index is 629. The molecule has 0 saturated heterocycles. The van der Waals surface area contributed by atoms with Gasteiger partial charge in [-0.25, -0.2) is 4.98 Å². The van der Waals surface area contributed by atoms with Crippen LogP contribution in [0.25, 0.3) is 0 Å². The van der Waals surface area contributed by atoms with Crippen LogP contribution in [-0.4, -0.2) is 12.1 Å². The van der Waals surface area contributed by atoms with Gasteiger partial charge in [-0.05, 0) is 30.3 Å². The van der Waals surface area contributed by atoms with Gasteiger partial charge in [0, 0.05) is 17.8 Å². The second-order valence-corrected chi connectivity index (χ2v) is 4.33. The summed E-state index contributed by atoms with van der Waals surface area (Å²) in [5, 5.41) is 2.83. The number of anilines is 2. The van der Waals surface area contributed by atoms with Crippen LogP contribution in [0.1, 0.15) is 11.3 Å². The molecule has 0 fully saturated rings. The summed E-state index contributed by atoms with van der Waals surface area (Å²) >= 11 is 0. The average Bonchev–Trinajstić information content (AvgIpc) is 2.45. The molecule has 2 rings (SSSR count). The third-order valence-corrected chi connectivity index (χ3v) is 2.80. The molecule has 0 saturated carbocycles. The molecule has 2 aromatic rings. The summed E-state index contributed by atoms with van der Waals surface area (Å²) in [4.78, 5) is 3.53. The lowest BCUT2D eigenvalue weighted by Gasteiger charge is -2.12. The number of hydrogen-bond acceptors (Lipinski definition) is 4. The third kappa shape index (κ3) is 3.77. The van der Waals surface area contributed by atoms with Crippen molar-refractivity contribution >= 4 is 11.5 Å². The predicted molar refractivity (Wildman–Crippen MR) is 74.0 cm³/mol. The van der Waals surface area contributed by atoms with Crippen molar-refractivity contribution in [2.45, 2.75) is 12.7 Å². The van der Waals surface area contributed by atoms with E-state index in [0.29, 0.717) is 11.4 Å². The molecule has 3 N–H and O–H groups in total. The number of nitrogens with two attached hydrogens (primary N) is 1. The lowest BCUT2D eigenvalue weighted by atomic mass is 10.1. The summed E-state index contributed by atoms with van der Waals surface area (Å²) in [6.45, 7) is 0.253. The summed E-state index contributed by atoms with van der Waals surface area (Å²) in [6.07, 6.45) is -4.47. The Kier molecular flexibility index (Phi) is 4.21. The van der Waals surface area contributed by atoms with E-state index in [-0.39, 0.29) is 12.4 Å². The Morgan fingerprint density at radius 3 is 2.67 bits per heavy atom. The first kappa shape index (κ1) is 15.0. The Balaban J connectivity index is 2.15. The number of halogens is 3. The molecule has 112 valence electrons. The highest BCUT2D eigenvalue weighted by Gasteiger charge is 2.32. The van der Waals surface area contributed by atoms with Gasteiger partial charge in [-0.15, -0.1) is 0 Å². The van der Waals surface area contributed by atoms with Crippen molar-refractivity contribution in [3.8, 4) is 5.75 Å². The van der Waals surface area contributed by atoms with Gasteiger partial charge < -0.3 is 15.8 Å². The number of rotatable bonds is 4. The van der Waals surface area contributed by atoms with Crippen LogP contribution in [0.5, 0.6) is 5.75 Å². The van der Waals surface area contributed by atoms with Crippen LogP contribution in [0.2, 0.25) is 0 Å². The van der Waals surface area contributed by atoms with Crippen molar-refractivity contribution in [1.29, 1.82) is 0 Å². The maximum Gasteiger partial charge on any atom is 0.433 e. The molecule has 0 aliphatic carbocycles. The molecule has 0 spiro atoms. The fourth-order valence-corrected chi connectivity index (χ4v) is 1.81. The highest BCUT2D eigenvalue weighted by atomic mass is 19.4. The van der Waals surface area contributed by atoms with E-state index in [2.05, 4.69) is 10.3 Å². The van der Waals surface area contributed by atoms with Crippen LogP contribution >= 0.6 is 0 Å². The van der Waals surface area contributed by atoms with Gasteiger partial charge in [0.1, 0.15) is 17.3 Å². The van der Waals surface area contributed by atoms with E-state index in [9.17, 15) is 13.2 Å². The monoisotopic (exact) mass is 297 g/mol. The molecule has 1 aromatic heterocycles. The molecule has 0 atom stereocenters. The minimum atomic E-state index is -4.47. The SMILES string of the molecule is COc1ccc(N)cc1CNc1cccc(C(F)(F)F)n1. The molecule has 1 aromatic carbocycles. The van der Waals surface area contributed by atoms with Gasteiger partial charge in [0.2, 0.25) is 0 Å². The van der Waals surface area contributed by atoms with E-state index in [4.69, 9.17) is 10.5 Å².